The van der Waals surface area contributed by atoms with Crippen LogP contribution in [0.25, 0.3) is 11.4 Å². The van der Waals surface area contributed by atoms with Gasteiger partial charge in [-0.15, -0.1) is 0 Å². The summed E-state index contributed by atoms with van der Waals surface area (Å²) in [5.41, 5.74) is 1.72. The smallest absolute Gasteiger partial charge is 0.264 e. The molecule has 5 nitrogen and oxygen atoms in total. The minimum atomic E-state index is -0.516. The lowest BCUT2D eigenvalue weighted by molar-refractivity contribution is 0.102. The van der Waals surface area contributed by atoms with Crippen molar-refractivity contribution in [3.63, 3.8) is 0 Å². The lowest BCUT2D eigenvalue weighted by Crippen LogP contribution is -2.24. The zero-order valence-corrected chi connectivity index (χ0v) is 15.5. The highest BCUT2D eigenvalue weighted by atomic mass is 79.9. The van der Waals surface area contributed by atoms with E-state index in [9.17, 15) is 9.59 Å². The highest BCUT2D eigenvalue weighted by molar-refractivity contribution is 9.10. The minimum Gasteiger partial charge on any atom is -0.322 e. The van der Waals surface area contributed by atoms with Crippen molar-refractivity contribution in [2.24, 2.45) is 0 Å². The van der Waals surface area contributed by atoms with E-state index in [1.165, 1.54) is 6.20 Å². The molecule has 7 heteroatoms. The summed E-state index contributed by atoms with van der Waals surface area (Å²) in [5, 5.41) is 3.29. The van der Waals surface area contributed by atoms with Gasteiger partial charge >= 0.3 is 0 Å². The number of carbonyl (C=O) groups is 1. The first-order chi connectivity index (χ1) is 11.9. The Kier molecular flexibility index (Phi) is 5.01. The lowest BCUT2D eigenvalue weighted by Gasteiger charge is -2.07. The molecule has 1 amide bonds. The van der Waals surface area contributed by atoms with E-state index in [0.29, 0.717) is 22.1 Å². The molecule has 0 spiro atoms. The van der Waals surface area contributed by atoms with Crippen molar-refractivity contribution in [3.05, 3.63) is 79.6 Å². The van der Waals surface area contributed by atoms with Crippen LogP contribution in [0.5, 0.6) is 0 Å². The average molecular weight is 419 g/mol. The van der Waals surface area contributed by atoms with Gasteiger partial charge in [-0.25, -0.2) is 4.98 Å². The number of hydrogen-bond donors (Lipinski definition) is 2. The number of amides is 1. The third kappa shape index (κ3) is 3.97. The molecule has 1 aromatic heterocycles. The number of anilines is 1. The Bertz CT molecular complexity index is 1000. The number of H-pyrrole nitrogens is 1. The quantitative estimate of drug-likeness (QED) is 0.661. The number of aryl methyl sites for hydroxylation is 1. The second kappa shape index (κ2) is 7.21. The number of benzene rings is 2. The Hall–Kier alpha value is -2.44. The van der Waals surface area contributed by atoms with Crippen LogP contribution in [0.15, 0.2) is 57.9 Å². The molecule has 0 aliphatic carbocycles. The van der Waals surface area contributed by atoms with Crippen LogP contribution in [-0.2, 0) is 0 Å². The second-order valence-corrected chi connectivity index (χ2v) is 6.69. The van der Waals surface area contributed by atoms with Crippen molar-refractivity contribution in [2.45, 2.75) is 6.92 Å². The largest absolute Gasteiger partial charge is 0.322 e. The highest BCUT2D eigenvalue weighted by Gasteiger charge is 2.13. The Morgan fingerprint density at radius 1 is 1.20 bits per heavy atom. The molecule has 3 rings (SSSR count). The van der Waals surface area contributed by atoms with Crippen molar-refractivity contribution in [3.8, 4) is 11.4 Å². The van der Waals surface area contributed by atoms with Crippen LogP contribution in [0.4, 0.5) is 5.69 Å². The molecule has 1 heterocycles. The van der Waals surface area contributed by atoms with Gasteiger partial charge in [0, 0.05) is 26.9 Å². The van der Waals surface area contributed by atoms with Crippen molar-refractivity contribution in [1.29, 1.82) is 0 Å². The molecule has 0 aliphatic heterocycles. The van der Waals surface area contributed by atoms with Crippen molar-refractivity contribution >= 4 is 39.1 Å². The van der Waals surface area contributed by atoms with Crippen molar-refractivity contribution in [2.75, 3.05) is 5.32 Å². The third-order valence-electron chi connectivity index (χ3n) is 3.58. The van der Waals surface area contributed by atoms with Crippen LogP contribution in [0.3, 0.4) is 0 Å². The molecule has 0 atom stereocenters. The van der Waals surface area contributed by atoms with E-state index < -0.39 is 11.5 Å². The van der Waals surface area contributed by atoms with Gasteiger partial charge in [0.15, 0.2) is 0 Å². The number of nitrogens with zero attached hydrogens (tertiary/aromatic N) is 1. The number of hydrogen-bond acceptors (Lipinski definition) is 3. The molecule has 0 radical (unpaired) electrons. The van der Waals surface area contributed by atoms with Crippen LogP contribution in [0, 0.1) is 6.92 Å². The predicted molar refractivity (Wildman–Crippen MR) is 102 cm³/mol. The SMILES string of the molecule is Cc1cc(NC(=O)c2cnc(-c3ccc(Cl)cc3)[nH]c2=O)ccc1Br. The number of rotatable bonds is 3. The van der Waals surface area contributed by atoms with Crippen molar-refractivity contribution in [1.82, 2.24) is 9.97 Å². The summed E-state index contributed by atoms with van der Waals surface area (Å²) in [7, 11) is 0. The maximum Gasteiger partial charge on any atom is 0.264 e. The molecule has 0 saturated carbocycles. The number of halogens is 2. The summed E-state index contributed by atoms with van der Waals surface area (Å²) in [4.78, 5) is 31.4. The maximum absolute atomic E-state index is 12.3. The van der Waals surface area contributed by atoms with E-state index >= 15 is 0 Å². The van der Waals surface area contributed by atoms with Gasteiger partial charge in [-0.1, -0.05) is 27.5 Å². The van der Waals surface area contributed by atoms with E-state index in [0.717, 1.165) is 10.0 Å². The monoisotopic (exact) mass is 417 g/mol. The molecule has 0 aliphatic rings. The first kappa shape index (κ1) is 17.4. The van der Waals surface area contributed by atoms with Gasteiger partial charge in [-0.2, -0.15) is 0 Å². The molecule has 0 saturated heterocycles. The summed E-state index contributed by atoms with van der Waals surface area (Å²) < 4.78 is 0.942. The summed E-state index contributed by atoms with van der Waals surface area (Å²) in [5.74, 6) is -0.143. The fraction of sp³-hybridized carbons (Fsp3) is 0.0556. The zero-order chi connectivity index (χ0) is 18.0. The number of carbonyl (C=O) groups excluding carboxylic acids is 1. The summed E-state index contributed by atoms with van der Waals surface area (Å²) >= 11 is 9.25. The van der Waals surface area contributed by atoms with E-state index in [1.54, 1.807) is 30.3 Å². The lowest BCUT2D eigenvalue weighted by atomic mass is 10.2. The second-order valence-electron chi connectivity index (χ2n) is 5.40. The number of aromatic nitrogens is 2. The molecule has 25 heavy (non-hydrogen) atoms. The Morgan fingerprint density at radius 2 is 1.92 bits per heavy atom. The van der Waals surface area contributed by atoms with Crippen molar-refractivity contribution < 1.29 is 4.79 Å². The molecule has 0 fully saturated rings. The Labute approximate surface area is 157 Å². The van der Waals surface area contributed by atoms with Gasteiger partial charge in [-0.05, 0) is 55.0 Å². The molecule has 3 aromatic rings. The molecule has 126 valence electrons. The number of aromatic amines is 1. The van der Waals surface area contributed by atoms with Crippen LogP contribution in [0.2, 0.25) is 5.02 Å². The standard InChI is InChI=1S/C18H13BrClN3O2/c1-10-8-13(6-7-15(10)19)22-17(24)14-9-21-16(23-18(14)25)11-2-4-12(20)5-3-11/h2-9H,1H3,(H,22,24)(H,21,23,25). The van der Waals surface area contributed by atoms with Gasteiger partial charge in [0.25, 0.3) is 11.5 Å². The molecule has 0 unspecified atom stereocenters. The first-order valence-electron chi connectivity index (χ1n) is 7.37. The fourth-order valence-corrected chi connectivity index (χ4v) is 2.60. The molecule has 0 bridgehead atoms. The van der Waals surface area contributed by atoms with E-state index in [1.807, 2.05) is 19.1 Å². The Balaban J connectivity index is 1.85. The predicted octanol–water partition coefficient (Wildman–Crippen LogP) is 4.41. The summed E-state index contributed by atoms with van der Waals surface area (Å²) in [6.07, 6.45) is 1.27. The van der Waals surface area contributed by atoms with E-state index in [2.05, 4.69) is 31.2 Å². The maximum atomic E-state index is 12.3. The third-order valence-corrected chi connectivity index (χ3v) is 4.72. The highest BCUT2D eigenvalue weighted by Crippen LogP contribution is 2.20. The van der Waals surface area contributed by atoms with Gasteiger partial charge in [0.1, 0.15) is 11.4 Å². The summed E-state index contributed by atoms with van der Waals surface area (Å²) in [6.45, 7) is 1.91. The minimum absolute atomic E-state index is 0.0571. The molecular weight excluding hydrogens is 406 g/mol. The van der Waals surface area contributed by atoms with Gasteiger partial charge in [0.2, 0.25) is 0 Å². The molecule has 2 aromatic carbocycles. The van der Waals surface area contributed by atoms with Crippen LogP contribution in [0.1, 0.15) is 15.9 Å². The number of nitrogens with one attached hydrogen (secondary N) is 2. The molecule has 2 N–H and O–H groups in total. The fourth-order valence-electron chi connectivity index (χ4n) is 2.23. The topological polar surface area (TPSA) is 74.8 Å². The average Bonchev–Trinajstić information content (AvgIpc) is 2.58. The Morgan fingerprint density at radius 3 is 2.56 bits per heavy atom. The summed E-state index contributed by atoms with van der Waals surface area (Å²) in [6, 6.07) is 12.3. The molecular formula is C18H13BrClN3O2. The van der Waals surface area contributed by atoms with Crippen LogP contribution < -0.4 is 10.9 Å². The normalized spacial score (nSPS) is 10.5. The van der Waals surface area contributed by atoms with Gasteiger partial charge in [0.05, 0.1) is 0 Å². The van der Waals surface area contributed by atoms with Crippen LogP contribution >= 0.6 is 27.5 Å². The van der Waals surface area contributed by atoms with E-state index in [-0.39, 0.29) is 5.56 Å². The van der Waals surface area contributed by atoms with Gasteiger partial charge < -0.3 is 10.3 Å². The zero-order valence-electron chi connectivity index (χ0n) is 13.1. The van der Waals surface area contributed by atoms with Gasteiger partial charge in [-0.3, -0.25) is 9.59 Å². The van der Waals surface area contributed by atoms with E-state index in [4.69, 9.17) is 11.6 Å². The first-order valence-corrected chi connectivity index (χ1v) is 8.54. The van der Waals surface area contributed by atoms with Crippen LogP contribution in [-0.4, -0.2) is 15.9 Å².